The molecule has 0 bridgehead atoms. The van der Waals surface area contributed by atoms with Crippen LogP contribution in [0.3, 0.4) is 0 Å². The first-order valence-electron chi connectivity index (χ1n) is 12.3. The van der Waals surface area contributed by atoms with E-state index in [0.29, 0.717) is 28.9 Å². The summed E-state index contributed by atoms with van der Waals surface area (Å²) in [4.78, 5) is 28.6. The number of aromatic amines is 1. The molecular formula is C29H29F2N3O4. The third-order valence-corrected chi connectivity index (χ3v) is 6.16. The minimum atomic E-state index is -0.665. The van der Waals surface area contributed by atoms with E-state index in [0.717, 1.165) is 23.6 Å². The van der Waals surface area contributed by atoms with Gasteiger partial charge in [-0.3, -0.25) is 9.59 Å². The number of carbonyl (C=O) groups is 2. The number of aliphatic hydroxyl groups is 1. The molecule has 4 aromatic rings. The van der Waals surface area contributed by atoms with E-state index < -0.39 is 23.7 Å². The first-order valence-corrected chi connectivity index (χ1v) is 12.3. The third-order valence-electron chi connectivity index (χ3n) is 6.16. The number of ether oxygens (including phenoxy) is 1. The Bertz CT molecular complexity index is 1470. The topological polar surface area (TPSA) is 103 Å². The first-order chi connectivity index (χ1) is 18.3. The molecular weight excluding hydrogens is 492 g/mol. The number of H-pyrrole nitrogens is 1. The van der Waals surface area contributed by atoms with E-state index in [1.54, 1.807) is 30.5 Å². The number of nitrogens with one attached hydrogen (secondary N) is 3. The molecule has 9 heteroatoms. The monoisotopic (exact) mass is 521 g/mol. The largest absolute Gasteiger partial charge is 0.493 e. The number of aliphatic hydroxyl groups excluding tert-OH is 1. The fourth-order valence-electron chi connectivity index (χ4n) is 4.27. The molecule has 1 heterocycles. The van der Waals surface area contributed by atoms with Crippen molar-refractivity contribution in [3.8, 4) is 16.9 Å². The molecule has 0 fully saturated rings. The van der Waals surface area contributed by atoms with Gasteiger partial charge in [0.2, 0.25) is 0 Å². The van der Waals surface area contributed by atoms with E-state index in [-0.39, 0.29) is 30.0 Å². The normalized spacial score (nSPS) is 11.8. The highest BCUT2D eigenvalue weighted by Gasteiger charge is 2.20. The summed E-state index contributed by atoms with van der Waals surface area (Å²) < 4.78 is 33.9. The molecule has 0 spiro atoms. The minimum Gasteiger partial charge on any atom is -0.493 e. The summed E-state index contributed by atoms with van der Waals surface area (Å²) in [5, 5.41) is 16.0. The lowest BCUT2D eigenvalue weighted by Crippen LogP contribution is -2.39. The van der Waals surface area contributed by atoms with Gasteiger partial charge in [-0.2, -0.15) is 0 Å². The lowest BCUT2D eigenvalue weighted by atomic mass is 9.99. The van der Waals surface area contributed by atoms with Crippen molar-refractivity contribution in [1.82, 2.24) is 15.6 Å². The summed E-state index contributed by atoms with van der Waals surface area (Å²) in [5.41, 5.74) is 2.77. The molecule has 1 atom stereocenters. The van der Waals surface area contributed by atoms with Gasteiger partial charge in [0.05, 0.1) is 24.8 Å². The summed E-state index contributed by atoms with van der Waals surface area (Å²) in [5.74, 6) is -1.56. The molecule has 0 aliphatic rings. The van der Waals surface area contributed by atoms with Gasteiger partial charge >= 0.3 is 0 Å². The molecule has 7 nitrogen and oxygen atoms in total. The van der Waals surface area contributed by atoms with Crippen molar-refractivity contribution in [3.05, 3.63) is 89.1 Å². The summed E-state index contributed by atoms with van der Waals surface area (Å²) in [7, 11) is 1.46. The van der Waals surface area contributed by atoms with Gasteiger partial charge in [0.25, 0.3) is 11.8 Å². The predicted molar refractivity (Wildman–Crippen MR) is 141 cm³/mol. The average molecular weight is 522 g/mol. The maximum atomic E-state index is 14.3. The molecule has 0 aliphatic carbocycles. The fraction of sp³-hybridized carbons (Fsp3) is 0.241. The number of halogens is 2. The number of amides is 2. The summed E-state index contributed by atoms with van der Waals surface area (Å²) in [6.45, 7) is 1.97. The molecule has 1 aromatic heterocycles. The Morgan fingerprint density at radius 1 is 1.00 bits per heavy atom. The minimum absolute atomic E-state index is 0.148. The van der Waals surface area contributed by atoms with E-state index in [9.17, 15) is 23.5 Å². The van der Waals surface area contributed by atoms with Crippen LogP contribution in [0.25, 0.3) is 22.0 Å². The number of aromatic nitrogens is 1. The number of carbonyl (C=O) groups excluding carboxylic acids is 2. The summed E-state index contributed by atoms with van der Waals surface area (Å²) in [6, 6.07) is 12.6. The number of rotatable bonds is 10. The molecule has 3 aromatic carbocycles. The van der Waals surface area contributed by atoms with Crippen LogP contribution in [0.4, 0.5) is 8.78 Å². The second-order valence-electron chi connectivity index (χ2n) is 8.93. The van der Waals surface area contributed by atoms with Gasteiger partial charge in [0, 0.05) is 29.7 Å². The van der Waals surface area contributed by atoms with Gasteiger partial charge in [0.15, 0.2) is 0 Å². The Labute approximate surface area is 218 Å². The molecule has 198 valence electrons. The van der Waals surface area contributed by atoms with Crippen molar-refractivity contribution >= 4 is 22.7 Å². The number of benzene rings is 3. The van der Waals surface area contributed by atoms with Crippen LogP contribution in [0.1, 0.15) is 39.6 Å². The van der Waals surface area contributed by atoms with Crippen LogP contribution >= 0.6 is 0 Å². The molecule has 0 saturated carbocycles. The van der Waals surface area contributed by atoms with Gasteiger partial charge in [-0.15, -0.1) is 0 Å². The number of hydrogen-bond acceptors (Lipinski definition) is 4. The second kappa shape index (κ2) is 11.9. The Morgan fingerprint density at radius 3 is 2.55 bits per heavy atom. The zero-order valence-electron chi connectivity index (χ0n) is 21.1. The Balaban J connectivity index is 1.64. The van der Waals surface area contributed by atoms with Crippen LogP contribution in [0.2, 0.25) is 0 Å². The van der Waals surface area contributed by atoms with Gasteiger partial charge in [-0.25, -0.2) is 8.78 Å². The zero-order chi connectivity index (χ0) is 27.2. The smallest absolute Gasteiger partial charge is 0.255 e. The zero-order valence-corrected chi connectivity index (χ0v) is 21.1. The van der Waals surface area contributed by atoms with Gasteiger partial charge in [0.1, 0.15) is 17.4 Å². The van der Waals surface area contributed by atoms with Crippen molar-refractivity contribution in [1.29, 1.82) is 0 Å². The standard InChI is InChI=1S/C29H29F2N3O4/c1-3-8-38-27-7-4-17(18-9-19(28(36)32-2)11-22(31)10-18)13-25(27)29(37)34-23(16-35)12-20-15-33-26-6-5-21(30)14-24(20)26/h4-7,9-11,13-15,23,33,35H,3,8,12,16H2,1-2H3,(H,32,36)(H,34,37). The van der Waals surface area contributed by atoms with Crippen LogP contribution < -0.4 is 15.4 Å². The maximum Gasteiger partial charge on any atom is 0.255 e. The van der Waals surface area contributed by atoms with Crippen LogP contribution in [-0.4, -0.2) is 48.2 Å². The maximum absolute atomic E-state index is 14.3. The second-order valence-corrected chi connectivity index (χ2v) is 8.93. The van der Waals surface area contributed by atoms with Crippen LogP contribution in [0.15, 0.2) is 60.8 Å². The van der Waals surface area contributed by atoms with Gasteiger partial charge in [-0.1, -0.05) is 13.0 Å². The molecule has 2 amide bonds. The molecule has 4 rings (SSSR count). The molecule has 0 radical (unpaired) electrons. The van der Waals surface area contributed by atoms with E-state index in [4.69, 9.17) is 4.74 Å². The highest BCUT2D eigenvalue weighted by Crippen LogP contribution is 2.29. The third kappa shape index (κ3) is 6.00. The van der Waals surface area contributed by atoms with E-state index in [2.05, 4.69) is 15.6 Å². The van der Waals surface area contributed by atoms with Gasteiger partial charge < -0.3 is 25.5 Å². The van der Waals surface area contributed by atoms with Crippen molar-refractivity contribution in [2.75, 3.05) is 20.3 Å². The lowest BCUT2D eigenvalue weighted by Gasteiger charge is -2.18. The van der Waals surface area contributed by atoms with Crippen molar-refractivity contribution in [3.63, 3.8) is 0 Å². The number of fused-ring (bicyclic) bond motifs is 1. The summed E-state index contributed by atoms with van der Waals surface area (Å²) in [6.07, 6.45) is 2.71. The van der Waals surface area contributed by atoms with Crippen LogP contribution in [0.5, 0.6) is 5.75 Å². The van der Waals surface area contributed by atoms with Crippen molar-refractivity contribution < 1.29 is 28.2 Å². The molecule has 1 unspecified atom stereocenters. The van der Waals surface area contributed by atoms with Crippen LogP contribution in [-0.2, 0) is 6.42 Å². The quantitative estimate of drug-likeness (QED) is 0.245. The van der Waals surface area contributed by atoms with Crippen LogP contribution in [0, 0.1) is 11.6 Å². The van der Waals surface area contributed by atoms with Gasteiger partial charge in [-0.05, 0) is 78.1 Å². The van der Waals surface area contributed by atoms with E-state index in [1.807, 2.05) is 6.92 Å². The average Bonchev–Trinajstić information content (AvgIpc) is 3.31. The molecule has 0 aliphatic heterocycles. The lowest BCUT2D eigenvalue weighted by molar-refractivity contribution is 0.0911. The molecule has 0 saturated heterocycles. The Kier molecular flexibility index (Phi) is 8.38. The Morgan fingerprint density at radius 2 is 1.82 bits per heavy atom. The summed E-state index contributed by atoms with van der Waals surface area (Å²) >= 11 is 0. The predicted octanol–water partition coefficient (Wildman–Crippen LogP) is 4.59. The number of hydrogen-bond donors (Lipinski definition) is 4. The Hall–Kier alpha value is -4.24. The molecule has 4 N–H and O–H groups in total. The SMILES string of the molecule is CCCOc1ccc(-c2cc(F)cc(C(=O)NC)c2)cc1C(=O)NC(CO)Cc1c[nH]c2ccc(F)cc12. The highest BCUT2D eigenvalue weighted by atomic mass is 19.1. The first kappa shape index (κ1) is 26.8. The van der Waals surface area contributed by atoms with E-state index in [1.165, 1.54) is 31.3 Å². The van der Waals surface area contributed by atoms with E-state index >= 15 is 0 Å². The van der Waals surface area contributed by atoms with Crippen molar-refractivity contribution in [2.24, 2.45) is 0 Å². The highest BCUT2D eigenvalue weighted by molar-refractivity contribution is 5.99. The van der Waals surface area contributed by atoms with Crippen molar-refractivity contribution in [2.45, 2.75) is 25.8 Å². The molecule has 38 heavy (non-hydrogen) atoms. The fourth-order valence-corrected chi connectivity index (χ4v) is 4.27.